The van der Waals surface area contributed by atoms with Crippen molar-refractivity contribution in [2.45, 2.75) is 17.9 Å². The molecule has 1 amide bonds. The van der Waals surface area contributed by atoms with Crippen LogP contribution in [0.4, 0.5) is 0 Å². The minimum Gasteiger partial charge on any atom is -0.383 e. The molecular formula is C13H21N3O4S. The Balaban J connectivity index is 2.43. The highest BCUT2D eigenvalue weighted by atomic mass is 32.2. The molecule has 0 atom stereocenters. The molecule has 0 aliphatic rings. The van der Waals surface area contributed by atoms with Gasteiger partial charge < -0.3 is 15.8 Å². The third kappa shape index (κ3) is 6.21. The van der Waals surface area contributed by atoms with Crippen LogP contribution in [-0.2, 0) is 26.1 Å². The van der Waals surface area contributed by atoms with Crippen LogP contribution in [0.15, 0.2) is 29.2 Å². The Morgan fingerprint density at radius 2 is 1.90 bits per heavy atom. The molecule has 8 heteroatoms. The second-order valence-corrected chi connectivity index (χ2v) is 6.11. The van der Waals surface area contributed by atoms with Crippen LogP contribution in [0.2, 0.25) is 0 Å². The number of carbonyl (C=O) groups excluding carboxylic acids is 1. The molecule has 0 saturated heterocycles. The first-order chi connectivity index (χ1) is 9.99. The molecule has 0 heterocycles. The predicted octanol–water partition coefficient (Wildman–Crippen LogP) is -0.424. The molecule has 1 aromatic rings. The zero-order chi connectivity index (χ0) is 15.7. The van der Waals surface area contributed by atoms with E-state index in [1.165, 1.54) is 19.2 Å². The van der Waals surface area contributed by atoms with Gasteiger partial charge in [0.15, 0.2) is 0 Å². The zero-order valence-corrected chi connectivity index (χ0v) is 12.8. The molecule has 0 aromatic heterocycles. The minimum atomic E-state index is -3.60. The predicted molar refractivity (Wildman–Crippen MR) is 79.0 cm³/mol. The molecule has 118 valence electrons. The van der Waals surface area contributed by atoms with Crippen LogP contribution in [-0.4, -0.2) is 41.1 Å². The Kier molecular flexibility index (Phi) is 7.30. The van der Waals surface area contributed by atoms with Gasteiger partial charge in [-0.2, -0.15) is 0 Å². The number of nitrogens with one attached hydrogen (secondary N) is 2. The second kappa shape index (κ2) is 8.73. The lowest BCUT2D eigenvalue weighted by molar-refractivity contribution is -0.121. The van der Waals surface area contributed by atoms with E-state index in [1.54, 1.807) is 12.1 Å². The number of carbonyl (C=O) groups is 1. The van der Waals surface area contributed by atoms with Gasteiger partial charge in [-0.05, 0) is 17.7 Å². The van der Waals surface area contributed by atoms with Crippen LogP contribution in [0.5, 0.6) is 0 Å². The molecular weight excluding hydrogens is 294 g/mol. The van der Waals surface area contributed by atoms with Crippen molar-refractivity contribution in [3.63, 3.8) is 0 Å². The van der Waals surface area contributed by atoms with Crippen molar-refractivity contribution in [3.05, 3.63) is 29.8 Å². The highest BCUT2D eigenvalue weighted by Gasteiger charge is 2.13. The average Bonchev–Trinajstić information content (AvgIpc) is 2.47. The highest BCUT2D eigenvalue weighted by molar-refractivity contribution is 7.89. The summed E-state index contributed by atoms with van der Waals surface area (Å²) >= 11 is 0. The van der Waals surface area contributed by atoms with Crippen molar-refractivity contribution >= 4 is 15.9 Å². The van der Waals surface area contributed by atoms with E-state index in [4.69, 9.17) is 10.5 Å². The molecule has 0 radical (unpaired) electrons. The van der Waals surface area contributed by atoms with Crippen LogP contribution < -0.4 is 15.8 Å². The molecule has 0 unspecified atom stereocenters. The molecule has 21 heavy (non-hydrogen) atoms. The van der Waals surface area contributed by atoms with Gasteiger partial charge in [0, 0.05) is 33.2 Å². The second-order valence-electron chi connectivity index (χ2n) is 4.34. The monoisotopic (exact) mass is 315 g/mol. The molecule has 0 fully saturated rings. The van der Waals surface area contributed by atoms with Crippen molar-refractivity contribution in [1.82, 2.24) is 10.0 Å². The number of hydrogen-bond acceptors (Lipinski definition) is 5. The number of nitrogens with two attached hydrogens (primary N) is 1. The fourth-order valence-electron chi connectivity index (χ4n) is 1.57. The molecule has 0 spiro atoms. The molecule has 0 saturated carbocycles. The number of amides is 1. The summed E-state index contributed by atoms with van der Waals surface area (Å²) in [5, 5.41) is 2.61. The van der Waals surface area contributed by atoms with E-state index in [1.807, 2.05) is 0 Å². The van der Waals surface area contributed by atoms with Gasteiger partial charge in [-0.25, -0.2) is 13.1 Å². The first-order valence-corrected chi connectivity index (χ1v) is 8.02. The van der Waals surface area contributed by atoms with E-state index in [0.29, 0.717) is 19.7 Å². The van der Waals surface area contributed by atoms with Gasteiger partial charge in [0.05, 0.1) is 11.5 Å². The lowest BCUT2D eigenvalue weighted by atomic mass is 10.2. The summed E-state index contributed by atoms with van der Waals surface area (Å²) in [6, 6.07) is 6.30. The fourth-order valence-corrected chi connectivity index (χ4v) is 2.60. The van der Waals surface area contributed by atoms with Gasteiger partial charge in [-0.15, -0.1) is 0 Å². The topological polar surface area (TPSA) is 111 Å². The number of sulfonamides is 1. The van der Waals surface area contributed by atoms with Crippen molar-refractivity contribution in [2.24, 2.45) is 5.73 Å². The summed E-state index contributed by atoms with van der Waals surface area (Å²) in [6.07, 6.45) is 0.0732. The maximum atomic E-state index is 12.0. The van der Waals surface area contributed by atoms with E-state index >= 15 is 0 Å². The summed E-state index contributed by atoms with van der Waals surface area (Å²) in [5.41, 5.74) is 6.31. The molecule has 0 aliphatic carbocycles. The van der Waals surface area contributed by atoms with E-state index < -0.39 is 10.0 Å². The standard InChI is InChI=1S/C13H21N3O4S/c1-20-9-8-15-13(17)6-7-16-21(18,19)12-4-2-11(10-14)3-5-12/h2-5,16H,6-10,14H2,1H3,(H,15,17). The van der Waals surface area contributed by atoms with Gasteiger partial charge in [-0.3, -0.25) is 4.79 Å². The van der Waals surface area contributed by atoms with Crippen LogP contribution in [0, 0.1) is 0 Å². The summed E-state index contributed by atoms with van der Waals surface area (Å²) < 4.78 is 31.1. The van der Waals surface area contributed by atoms with E-state index in [9.17, 15) is 13.2 Å². The Labute approximate surface area is 124 Å². The van der Waals surface area contributed by atoms with E-state index in [-0.39, 0.29) is 23.8 Å². The third-order valence-corrected chi connectivity index (χ3v) is 4.22. The fraction of sp³-hybridized carbons (Fsp3) is 0.462. The average molecular weight is 315 g/mol. The zero-order valence-electron chi connectivity index (χ0n) is 12.0. The Morgan fingerprint density at radius 1 is 1.24 bits per heavy atom. The summed E-state index contributed by atoms with van der Waals surface area (Å²) in [5.74, 6) is -0.228. The Hall–Kier alpha value is -1.48. The normalized spacial score (nSPS) is 11.3. The first kappa shape index (κ1) is 17.6. The largest absolute Gasteiger partial charge is 0.383 e. The highest BCUT2D eigenvalue weighted by Crippen LogP contribution is 2.09. The Bertz CT molecular complexity index is 543. The molecule has 0 bridgehead atoms. The molecule has 1 aromatic carbocycles. The number of rotatable bonds is 9. The first-order valence-electron chi connectivity index (χ1n) is 6.54. The van der Waals surface area contributed by atoms with Gasteiger partial charge in [0.25, 0.3) is 0 Å². The summed E-state index contributed by atoms with van der Waals surface area (Å²) in [4.78, 5) is 11.6. The van der Waals surface area contributed by atoms with Gasteiger partial charge >= 0.3 is 0 Å². The number of ether oxygens (including phenoxy) is 1. The van der Waals surface area contributed by atoms with Crippen LogP contribution in [0.3, 0.4) is 0 Å². The van der Waals surface area contributed by atoms with Crippen LogP contribution in [0.25, 0.3) is 0 Å². The summed E-state index contributed by atoms with van der Waals surface area (Å²) in [7, 11) is -2.06. The lowest BCUT2D eigenvalue weighted by Gasteiger charge is -2.08. The molecule has 1 rings (SSSR count). The van der Waals surface area contributed by atoms with Gasteiger partial charge in [0.1, 0.15) is 0 Å². The van der Waals surface area contributed by atoms with E-state index in [0.717, 1.165) is 5.56 Å². The maximum Gasteiger partial charge on any atom is 0.240 e. The van der Waals surface area contributed by atoms with Crippen LogP contribution in [0.1, 0.15) is 12.0 Å². The lowest BCUT2D eigenvalue weighted by Crippen LogP contribution is -2.32. The van der Waals surface area contributed by atoms with Crippen molar-refractivity contribution in [1.29, 1.82) is 0 Å². The van der Waals surface area contributed by atoms with Gasteiger partial charge in [0.2, 0.25) is 15.9 Å². The third-order valence-electron chi connectivity index (χ3n) is 2.74. The molecule has 0 aliphatic heterocycles. The number of methoxy groups -OCH3 is 1. The van der Waals surface area contributed by atoms with Gasteiger partial charge in [-0.1, -0.05) is 12.1 Å². The van der Waals surface area contributed by atoms with Crippen molar-refractivity contribution in [3.8, 4) is 0 Å². The quantitative estimate of drug-likeness (QED) is 0.536. The van der Waals surface area contributed by atoms with Crippen molar-refractivity contribution in [2.75, 3.05) is 26.8 Å². The Morgan fingerprint density at radius 3 is 2.48 bits per heavy atom. The van der Waals surface area contributed by atoms with Crippen LogP contribution >= 0.6 is 0 Å². The SMILES string of the molecule is COCCNC(=O)CCNS(=O)(=O)c1ccc(CN)cc1. The van der Waals surface area contributed by atoms with E-state index in [2.05, 4.69) is 10.0 Å². The summed E-state index contributed by atoms with van der Waals surface area (Å²) in [6.45, 7) is 1.22. The molecule has 7 nitrogen and oxygen atoms in total. The molecule has 4 N–H and O–H groups in total. The number of hydrogen-bond donors (Lipinski definition) is 3. The minimum absolute atomic E-state index is 0.0415. The number of benzene rings is 1. The maximum absolute atomic E-state index is 12.0. The smallest absolute Gasteiger partial charge is 0.240 e. The van der Waals surface area contributed by atoms with Crippen molar-refractivity contribution < 1.29 is 17.9 Å².